The smallest absolute Gasteiger partial charge is 0.258 e. The van der Waals surface area contributed by atoms with Crippen LogP contribution in [0.25, 0.3) is 0 Å². The molecule has 0 unspecified atom stereocenters. The zero-order chi connectivity index (χ0) is 16.2. The summed E-state index contributed by atoms with van der Waals surface area (Å²) in [5.41, 5.74) is 0.952. The Hall–Kier alpha value is -2.79. The van der Waals surface area contributed by atoms with E-state index in [4.69, 9.17) is 16.3 Å². The van der Waals surface area contributed by atoms with Gasteiger partial charge in [-0.1, -0.05) is 29.8 Å². The molecule has 1 amide bonds. The van der Waals surface area contributed by atoms with Crippen LogP contribution >= 0.6 is 11.6 Å². The molecular formula is C17H14ClN3O2. The van der Waals surface area contributed by atoms with Gasteiger partial charge in [-0.15, -0.1) is 0 Å². The molecule has 3 rings (SSSR count). The molecule has 1 N–H and O–H groups in total. The highest BCUT2D eigenvalue weighted by atomic mass is 35.5. The van der Waals surface area contributed by atoms with E-state index in [2.05, 4.69) is 10.4 Å². The SMILES string of the molecule is Cn1cc(C(=O)Nc2cc(Cl)ccc2Oc2ccccc2)cn1. The van der Waals surface area contributed by atoms with E-state index >= 15 is 0 Å². The van der Waals surface area contributed by atoms with Crippen LogP contribution < -0.4 is 10.1 Å². The predicted octanol–water partition coefficient (Wildman–Crippen LogP) is 4.12. The van der Waals surface area contributed by atoms with Crippen molar-refractivity contribution in [2.75, 3.05) is 5.32 Å². The minimum atomic E-state index is -0.279. The number of para-hydroxylation sites is 1. The highest BCUT2D eigenvalue weighted by Gasteiger charge is 2.13. The normalized spacial score (nSPS) is 10.3. The molecule has 0 saturated heterocycles. The van der Waals surface area contributed by atoms with Crippen LogP contribution in [-0.2, 0) is 7.05 Å². The van der Waals surface area contributed by atoms with Gasteiger partial charge in [0.2, 0.25) is 0 Å². The van der Waals surface area contributed by atoms with Crippen LogP contribution in [0, 0.1) is 0 Å². The van der Waals surface area contributed by atoms with Crippen molar-refractivity contribution in [1.29, 1.82) is 0 Å². The number of anilines is 1. The number of hydrogen-bond donors (Lipinski definition) is 1. The summed E-state index contributed by atoms with van der Waals surface area (Å²) >= 11 is 6.03. The second kappa shape index (κ2) is 6.54. The average Bonchev–Trinajstić information content (AvgIpc) is 2.98. The van der Waals surface area contributed by atoms with Crippen LogP contribution in [0.4, 0.5) is 5.69 Å². The number of carbonyl (C=O) groups excluding carboxylic acids is 1. The van der Waals surface area contributed by atoms with Crippen molar-refractivity contribution in [2.45, 2.75) is 0 Å². The maximum atomic E-state index is 12.3. The summed E-state index contributed by atoms with van der Waals surface area (Å²) in [6.07, 6.45) is 3.13. The molecule has 2 aromatic carbocycles. The van der Waals surface area contributed by atoms with Crippen LogP contribution in [0.2, 0.25) is 5.02 Å². The Morgan fingerprint density at radius 1 is 1.22 bits per heavy atom. The first-order chi connectivity index (χ1) is 11.1. The van der Waals surface area contributed by atoms with Crippen LogP contribution in [0.3, 0.4) is 0 Å². The molecule has 0 bridgehead atoms. The Kier molecular flexibility index (Phi) is 4.30. The Balaban J connectivity index is 1.86. The fourth-order valence-corrected chi connectivity index (χ4v) is 2.21. The van der Waals surface area contributed by atoms with Gasteiger partial charge in [-0.25, -0.2) is 0 Å². The highest BCUT2D eigenvalue weighted by molar-refractivity contribution is 6.31. The largest absolute Gasteiger partial charge is 0.455 e. The monoisotopic (exact) mass is 327 g/mol. The number of nitrogens with one attached hydrogen (secondary N) is 1. The summed E-state index contributed by atoms with van der Waals surface area (Å²) in [5, 5.41) is 7.29. The molecule has 116 valence electrons. The Morgan fingerprint density at radius 3 is 2.70 bits per heavy atom. The Bertz CT molecular complexity index is 831. The highest BCUT2D eigenvalue weighted by Crippen LogP contribution is 2.32. The predicted molar refractivity (Wildman–Crippen MR) is 89.1 cm³/mol. The lowest BCUT2D eigenvalue weighted by molar-refractivity contribution is 0.102. The summed E-state index contributed by atoms with van der Waals surface area (Å²) in [6.45, 7) is 0. The second-order valence-corrected chi connectivity index (χ2v) is 5.35. The van der Waals surface area contributed by atoms with Gasteiger partial charge in [-0.3, -0.25) is 9.48 Å². The van der Waals surface area contributed by atoms with Crippen LogP contribution in [0.5, 0.6) is 11.5 Å². The number of ether oxygens (including phenoxy) is 1. The van der Waals surface area contributed by atoms with E-state index in [9.17, 15) is 4.79 Å². The fraction of sp³-hybridized carbons (Fsp3) is 0.0588. The van der Waals surface area contributed by atoms with E-state index in [0.717, 1.165) is 0 Å². The zero-order valence-corrected chi connectivity index (χ0v) is 13.1. The number of aromatic nitrogens is 2. The zero-order valence-electron chi connectivity index (χ0n) is 12.4. The van der Waals surface area contributed by atoms with Gasteiger partial charge in [0, 0.05) is 18.3 Å². The molecule has 6 heteroatoms. The first kappa shape index (κ1) is 15.1. The molecular weight excluding hydrogens is 314 g/mol. The van der Waals surface area contributed by atoms with E-state index in [-0.39, 0.29) is 5.91 Å². The first-order valence-electron chi connectivity index (χ1n) is 6.94. The van der Waals surface area contributed by atoms with Gasteiger partial charge in [0.1, 0.15) is 5.75 Å². The third-order valence-electron chi connectivity index (χ3n) is 3.13. The Labute approximate surface area is 138 Å². The van der Waals surface area contributed by atoms with Gasteiger partial charge in [0.05, 0.1) is 17.4 Å². The van der Waals surface area contributed by atoms with Gasteiger partial charge in [0.25, 0.3) is 5.91 Å². The van der Waals surface area contributed by atoms with E-state index in [1.54, 1.807) is 36.1 Å². The first-order valence-corrected chi connectivity index (χ1v) is 7.32. The van der Waals surface area contributed by atoms with Crippen molar-refractivity contribution in [2.24, 2.45) is 7.05 Å². The van der Waals surface area contributed by atoms with Crippen molar-refractivity contribution in [1.82, 2.24) is 9.78 Å². The maximum Gasteiger partial charge on any atom is 0.258 e. The van der Waals surface area contributed by atoms with Gasteiger partial charge in [-0.2, -0.15) is 5.10 Å². The Morgan fingerprint density at radius 2 is 2.00 bits per heavy atom. The van der Waals surface area contributed by atoms with E-state index in [1.807, 2.05) is 30.3 Å². The summed E-state index contributed by atoms with van der Waals surface area (Å²) in [4.78, 5) is 12.3. The van der Waals surface area contributed by atoms with Crippen LogP contribution in [-0.4, -0.2) is 15.7 Å². The van der Waals surface area contributed by atoms with Gasteiger partial charge >= 0.3 is 0 Å². The van der Waals surface area contributed by atoms with E-state index < -0.39 is 0 Å². The molecule has 0 atom stereocenters. The number of benzene rings is 2. The molecule has 0 aliphatic carbocycles. The molecule has 3 aromatic rings. The minimum absolute atomic E-state index is 0.279. The van der Waals surface area contributed by atoms with E-state index in [1.165, 1.54) is 6.20 Å². The summed E-state index contributed by atoms with van der Waals surface area (Å²) < 4.78 is 7.38. The molecule has 1 heterocycles. The number of rotatable bonds is 4. The molecule has 0 aliphatic rings. The number of nitrogens with zero attached hydrogens (tertiary/aromatic N) is 2. The standard InChI is InChI=1S/C17H14ClN3O2/c1-21-11-12(10-19-21)17(22)20-15-9-13(18)7-8-16(15)23-14-5-3-2-4-6-14/h2-11H,1H3,(H,20,22). The minimum Gasteiger partial charge on any atom is -0.455 e. The summed E-state index contributed by atoms with van der Waals surface area (Å²) in [7, 11) is 1.75. The quantitative estimate of drug-likeness (QED) is 0.784. The van der Waals surface area contributed by atoms with Crippen molar-refractivity contribution in [3.63, 3.8) is 0 Å². The lowest BCUT2D eigenvalue weighted by atomic mass is 10.2. The molecule has 1 aromatic heterocycles. The number of aryl methyl sites for hydroxylation is 1. The molecule has 0 fully saturated rings. The lowest BCUT2D eigenvalue weighted by Gasteiger charge is -2.12. The molecule has 0 spiro atoms. The van der Waals surface area contributed by atoms with Crippen LogP contribution in [0.15, 0.2) is 60.9 Å². The van der Waals surface area contributed by atoms with Gasteiger partial charge in [-0.05, 0) is 30.3 Å². The third kappa shape index (κ3) is 3.70. The molecule has 23 heavy (non-hydrogen) atoms. The van der Waals surface area contributed by atoms with Crippen molar-refractivity contribution < 1.29 is 9.53 Å². The second-order valence-electron chi connectivity index (χ2n) is 4.91. The lowest BCUT2D eigenvalue weighted by Crippen LogP contribution is -2.11. The van der Waals surface area contributed by atoms with Crippen molar-refractivity contribution in [3.05, 3.63) is 71.5 Å². The topological polar surface area (TPSA) is 56.2 Å². The molecule has 0 radical (unpaired) electrons. The van der Waals surface area contributed by atoms with Gasteiger partial charge < -0.3 is 10.1 Å². The number of hydrogen-bond acceptors (Lipinski definition) is 3. The third-order valence-corrected chi connectivity index (χ3v) is 3.36. The molecule has 0 saturated carbocycles. The average molecular weight is 328 g/mol. The summed E-state index contributed by atoms with van der Waals surface area (Å²) in [5.74, 6) is 0.905. The molecule has 0 aliphatic heterocycles. The maximum absolute atomic E-state index is 12.3. The van der Waals surface area contributed by atoms with Crippen LogP contribution in [0.1, 0.15) is 10.4 Å². The van der Waals surface area contributed by atoms with Gasteiger partial charge in [0.15, 0.2) is 5.75 Å². The van der Waals surface area contributed by atoms with Crippen molar-refractivity contribution >= 4 is 23.2 Å². The van der Waals surface area contributed by atoms with Crippen molar-refractivity contribution in [3.8, 4) is 11.5 Å². The number of amides is 1. The number of carbonyl (C=O) groups is 1. The van der Waals surface area contributed by atoms with E-state index in [0.29, 0.717) is 27.8 Å². The number of halogens is 1. The fourth-order valence-electron chi connectivity index (χ4n) is 2.04. The summed E-state index contributed by atoms with van der Waals surface area (Å²) in [6, 6.07) is 14.4. The molecule has 5 nitrogen and oxygen atoms in total.